The van der Waals surface area contributed by atoms with Crippen LogP contribution in [0, 0.1) is 5.92 Å². The predicted octanol–water partition coefficient (Wildman–Crippen LogP) is 1.30. The summed E-state index contributed by atoms with van der Waals surface area (Å²) in [6, 6.07) is 8.52. The molecule has 0 aliphatic carbocycles. The van der Waals surface area contributed by atoms with Gasteiger partial charge < -0.3 is 11.1 Å². The number of hydrogen-bond donors (Lipinski definition) is 2. The van der Waals surface area contributed by atoms with Gasteiger partial charge in [-0.15, -0.1) is 0 Å². The topological polar surface area (TPSA) is 38.0 Å². The van der Waals surface area contributed by atoms with Gasteiger partial charge in [-0.25, -0.2) is 0 Å². The molecule has 1 unspecified atom stereocenters. The zero-order valence-electron chi connectivity index (χ0n) is 8.50. The minimum atomic E-state index is 0.663. The van der Waals surface area contributed by atoms with E-state index in [4.69, 9.17) is 5.73 Å². The highest BCUT2D eigenvalue weighted by Crippen LogP contribution is 2.17. The summed E-state index contributed by atoms with van der Waals surface area (Å²) in [5.74, 6) is 0.808. The fourth-order valence-corrected chi connectivity index (χ4v) is 2.16. The molecule has 0 saturated carbocycles. The molecular weight excluding hydrogens is 172 g/mol. The van der Waals surface area contributed by atoms with Gasteiger partial charge in [0, 0.05) is 6.54 Å². The van der Waals surface area contributed by atoms with E-state index in [1.807, 2.05) is 0 Å². The highest BCUT2D eigenvalue weighted by Gasteiger charge is 2.15. The zero-order valence-corrected chi connectivity index (χ0v) is 8.50. The lowest BCUT2D eigenvalue weighted by molar-refractivity contribution is 0.577. The second-order valence-corrected chi connectivity index (χ2v) is 4.04. The molecule has 1 atom stereocenters. The van der Waals surface area contributed by atoms with E-state index < -0.39 is 0 Å². The van der Waals surface area contributed by atoms with Gasteiger partial charge in [-0.05, 0) is 43.0 Å². The molecule has 2 rings (SSSR count). The lowest BCUT2D eigenvalue weighted by atomic mass is 9.95. The third-order valence-electron chi connectivity index (χ3n) is 3.01. The van der Waals surface area contributed by atoms with E-state index in [0.717, 1.165) is 5.92 Å². The second kappa shape index (κ2) is 4.58. The number of rotatable bonds is 3. The van der Waals surface area contributed by atoms with Crippen molar-refractivity contribution >= 4 is 0 Å². The highest BCUT2D eigenvalue weighted by molar-refractivity contribution is 5.27. The van der Waals surface area contributed by atoms with Crippen molar-refractivity contribution in [2.24, 2.45) is 11.7 Å². The Morgan fingerprint density at radius 1 is 1.29 bits per heavy atom. The van der Waals surface area contributed by atoms with Crippen molar-refractivity contribution in [2.45, 2.75) is 19.4 Å². The van der Waals surface area contributed by atoms with Gasteiger partial charge in [0.05, 0.1) is 0 Å². The maximum atomic E-state index is 5.71. The van der Waals surface area contributed by atoms with Crippen molar-refractivity contribution in [3.8, 4) is 0 Å². The Morgan fingerprint density at radius 3 is 2.71 bits per heavy atom. The van der Waals surface area contributed by atoms with Gasteiger partial charge in [-0.3, -0.25) is 0 Å². The Bertz CT molecular complexity index is 290. The molecule has 0 aromatic heterocycles. The normalized spacial score (nSPS) is 21.4. The van der Waals surface area contributed by atoms with Gasteiger partial charge in [-0.1, -0.05) is 24.3 Å². The lowest BCUT2D eigenvalue weighted by Crippen LogP contribution is -2.12. The fraction of sp³-hybridized carbons (Fsp3) is 0.500. The first-order valence-corrected chi connectivity index (χ1v) is 5.37. The number of hydrogen-bond acceptors (Lipinski definition) is 2. The molecule has 76 valence electrons. The Kier molecular flexibility index (Phi) is 3.17. The van der Waals surface area contributed by atoms with Crippen LogP contribution in [0.5, 0.6) is 0 Å². The smallest absolute Gasteiger partial charge is 0.0180 e. The van der Waals surface area contributed by atoms with E-state index in [-0.39, 0.29) is 0 Å². The molecule has 1 heterocycles. The Hall–Kier alpha value is -0.860. The summed E-state index contributed by atoms with van der Waals surface area (Å²) < 4.78 is 0. The first kappa shape index (κ1) is 9.69. The molecule has 1 aliphatic rings. The van der Waals surface area contributed by atoms with Crippen LogP contribution in [0.4, 0.5) is 0 Å². The quantitative estimate of drug-likeness (QED) is 0.754. The Balaban J connectivity index is 2.07. The van der Waals surface area contributed by atoms with Gasteiger partial charge in [0.1, 0.15) is 0 Å². The van der Waals surface area contributed by atoms with Crippen LogP contribution in [0.2, 0.25) is 0 Å². The van der Waals surface area contributed by atoms with Gasteiger partial charge in [0.2, 0.25) is 0 Å². The summed E-state index contributed by atoms with van der Waals surface area (Å²) in [5, 5.41) is 3.40. The molecule has 2 nitrogen and oxygen atoms in total. The maximum Gasteiger partial charge on any atom is 0.0180 e. The van der Waals surface area contributed by atoms with Crippen LogP contribution in [0.25, 0.3) is 0 Å². The van der Waals surface area contributed by atoms with E-state index >= 15 is 0 Å². The van der Waals surface area contributed by atoms with Gasteiger partial charge in [0.25, 0.3) is 0 Å². The fourth-order valence-electron chi connectivity index (χ4n) is 2.16. The number of nitrogens with two attached hydrogens (primary N) is 1. The van der Waals surface area contributed by atoms with Crippen LogP contribution in [-0.4, -0.2) is 13.1 Å². The SMILES string of the molecule is NCc1ccccc1CC1CCNC1. The van der Waals surface area contributed by atoms with Crippen molar-refractivity contribution < 1.29 is 0 Å². The van der Waals surface area contributed by atoms with Crippen molar-refractivity contribution in [1.82, 2.24) is 5.32 Å². The third-order valence-corrected chi connectivity index (χ3v) is 3.01. The average Bonchev–Trinajstić information content (AvgIpc) is 2.71. The molecule has 2 heteroatoms. The van der Waals surface area contributed by atoms with Crippen molar-refractivity contribution in [1.29, 1.82) is 0 Å². The Morgan fingerprint density at radius 2 is 2.07 bits per heavy atom. The zero-order chi connectivity index (χ0) is 9.80. The molecule has 0 amide bonds. The summed E-state index contributed by atoms with van der Waals surface area (Å²) in [6.45, 7) is 3.00. The molecule has 0 radical (unpaired) electrons. The van der Waals surface area contributed by atoms with Crippen molar-refractivity contribution in [2.75, 3.05) is 13.1 Å². The van der Waals surface area contributed by atoms with Crippen molar-refractivity contribution in [3.63, 3.8) is 0 Å². The lowest BCUT2D eigenvalue weighted by Gasteiger charge is -2.11. The van der Waals surface area contributed by atoms with Crippen molar-refractivity contribution in [3.05, 3.63) is 35.4 Å². The van der Waals surface area contributed by atoms with Gasteiger partial charge in [0.15, 0.2) is 0 Å². The van der Waals surface area contributed by atoms with Crippen LogP contribution >= 0.6 is 0 Å². The Labute approximate surface area is 85.5 Å². The van der Waals surface area contributed by atoms with Crippen LogP contribution in [-0.2, 0) is 13.0 Å². The van der Waals surface area contributed by atoms with Crippen LogP contribution in [0.1, 0.15) is 17.5 Å². The van der Waals surface area contributed by atoms with Crippen LogP contribution < -0.4 is 11.1 Å². The molecule has 1 aliphatic heterocycles. The third kappa shape index (κ3) is 2.14. The highest BCUT2D eigenvalue weighted by atomic mass is 14.9. The molecule has 1 aromatic rings. The number of nitrogens with one attached hydrogen (secondary N) is 1. The molecule has 1 aromatic carbocycles. The molecule has 1 saturated heterocycles. The summed E-state index contributed by atoms with van der Waals surface area (Å²) in [6.07, 6.45) is 2.49. The maximum absolute atomic E-state index is 5.71. The largest absolute Gasteiger partial charge is 0.326 e. The van der Waals surface area contributed by atoms with E-state index in [9.17, 15) is 0 Å². The summed E-state index contributed by atoms with van der Waals surface area (Å²) >= 11 is 0. The molecule has 1 fully saturated rings. The monoisotopic (exact) mass is 190 g/mol. The van der Waals surface area contributed by atoms with E-state index in [1.165, 1.54) is 37.1 Å². The standard InChI is InChI=1S/C12H18N2/c13-8-12-4-2-1-3-11(12)7-10-5-6-14-9-10/h1-4,10,14H,5-9,13H2. The first-order chi connectivity index (χ1) is 6.90. The van der Waals surface area contributed by atoms with E-state index in [1.54, 1.807) is 0 Å². The molecular formula is C12H18N2. The average molecular weight is 190 g/mol. The summed E-state index contributed by atoms with van der Waals surface area (Å²) in [4.78, 5) is 0. The summed E-state index contributed by atoms with van der Waals surface area (Å²) in [7, 11) is 0. The summed E-state index contributed by atoms with van der Waals surface area (Å²) in [5.41, 5.74) is 8.45. The minimum absolute atomic E-state index is 0.663. The predicted molar refractivity (Wildman–Crippen MR) is 59.0 cm³/mol. The number of benzene rings is 1. The second-order valence-electron chi connectivity index (χ2n) is 4.04. The van der Waals surface area contributed by atoms with Gasteiger partial charge in [-0.2, -0.15) is 0 Å². The van der Waals surface area contributed by atoms with Crippen LogP contribution in [0.15, 0.2) is 24.3 Å². The minimum Gasteiger partial charge on any atom is -0.326 e. The molecule has 0 spiro atoms. The van der Waals surface area contributed by atoms with E-state index in [0.29, 0.717) is 6.54 Å². The van der Waals surface area contributed by atoms with Crippen LogP contribution in [0.3, 0.4) is 0 Å². The van der Waals surface area contributed by atoms with Gasteiger partial charge >= 0.3 is 0 Å². The van der Waals surface area contributed by atoms with E-state index in [2.05, 4.69) is 29.6 Å². The molecule has 0 bridgehead atoms. The first-order valence-electron chi connectivity index (χ1n) is 5.37. The molecule has 14 heavy (non-hydrogen) atoms. The molecule has 3 N–H and O–H groups in total.